The van der Waals surface area contributed by atoms with Crippen LogP contribution in [0.25, 0.3) is 0 Å². The highest BCUT2D eigenvalue weighted by atomic mass is 19.1. The van der Waals surface area contributed by atoms with Crippen LogP contribution in [-0.4, -0.2) is 17.8 Å². The number of aromatic nitrogens is 1. The zero-order valence-electron chi connectivity index (χ0n) is 5.66. The van der Waals surface area contributed by atoms with E-state index in [1.54, 1.807) is 12.1 Å². The molecule has 0 saturated heterocycles. The van der Waals surface area contributed by atoms with Crippen molar-refractivity contribution in [2.45, 2.75) is 0 Å². The van der Waals surface area contributed by atoms with Gasteiger partial charge in [-0.25, -0.2) is 14.2 Å². The normalized spacial score (nSPS) is 9.18. The van der Waals surface area contributed by atoms with Gasteiger partial charge in [-0.3, -0.25) is 0 Å². The van der Waals surface area contributed by atoms with Gasteiger partial charge in [-0.1, -0.05) is 6.07 Å². The molecule has 1 rings (SSSR count). The Bertz CT molecular complexity index is 237. The average Bonchev–Trinajstić information content (AvgIpc) is 2.07. The Morgan fingerprint density at radius 2 is 2.45 bits per heavy atom. The number of carbonyl (C=O) groups excluding carboxylic acids is 1. The minimum absolute atomic E-state index is 0.116. The smallest absolute Gasteiger partial charge is 0.359 e. The summed E-state index contributed by atoms with van der Waals surface area (Å²) in [5, 5.41) is 0. The van der Waals surface area contributed by atoms with Crippen molar-refractivity contribution in [3.63, 3.8) is 0 Å². The number of carbonyl (C=O) groups is 1. The van der Waals surface area contributed by atoms with Crippen molar-refractivity contribution in [1.82, 2.24) is 4.98 Å². The second kappa shape index (κ2) is 3.65. The van der Waals surface area contributed by atoms with E-state index in [0.29, 0.717) is 0 Å². The molecular weight excluding hydrogens is 149 g/mol. The van der Waals surface area contributed by atoms with E-state index in [4.69, 9.17) is 0 Å². The van der Waals surface area contributed by atoms with Crippen LogP contribution >= 0.6 is 0 Å². The molecule has 11 heavy (non-hydrogen) atoms. The van der Waals surface area contributed by atoms with Crippen LogP contribution in [0, 0.1) is 0 Å². The van der Waals surface area contributed by atoms with Crippen LogP contribution in [0.2, 0.25) is 0 Å². The Labute approximate surface area is 62.8 Å². The SMILES string of the molecule is O=C(OCF)c1ccccn1. The molecule has 0 aliphatic heterocycles. The summed E-state index contributed by atoms with van der Waals surface area (Å²) >= 11 is 0. The predicted octanol–water partition coefficient (Wildman–Crippen LogP) is 1.17. The van der Waals surface area contributed by atoms with Crippen molar-refractivity contribution in [2.24, 2.45) is 0 Å². The van der Waals surface area contributed by atoms with Crippen molar-refractivity contribution in [1.29, 1.82) is 0 Å². The van der Waals surface area contributed by atoms with Crippen LogP contribution in [-0.2, 0) is 4.74 Å². The molecule has 0 spiro atoms. The van der Waals surface area contributed by atoms with Gasteiger partial charge < -0.3 is 4.74 Å². The van der Waals surface area contributed by atoms with Gasteiger partial charge in [-0.15, -0.1) is 0 Å². The Hall–Kier alpha value is -1.45. The number of rotatable bonds is 2. The lowest BCUT2D eigenvalue weighted by atomic mass is 10.4. The van der Waals surface area contributed by atoms with Gasteiger partial charge in [0.1, 0.15) is 5.69 Å². The predicted molar refractivity (Wildman–Crippen MR) is 35.6 cm³/mol. The molecule has 0 amide bonds. The first kappa shape index (κ1) is 7.65. The van der Waals surface area contributed by atoms with Gasteiger partial charge in [0.2, 0.25) is 6.86 Å². The molecule has 1 aromatic heterocycles. The van der Waals surface area contributed by atoms with Gasteiger partial charge in [0, 0.05) is 6.20 Å². The highest BCUT2D eigenvalue weighted by molar-refractivity contribution is 5.86. The lowest BCUT2D eigenvalue weighted by Crippen LogP contribution is -2.05. The number of esters is 1. The molecule has 0 bridgehead atoms. The maximum absolute atomic E-state index is 11.5. The number of hydrogen-bond acceptors (Lipinski definition) is 3. The van der Waals surface area contributed by atoms with Gasteiger partial charge in [0.25, 0.3) is 0 Å². The van der Waals surface area contributed by atoms with Crippen LogP contribution in [0.1, 0.15) is 10.5 Å². The van der Waals surface area contributed by atoms with Gasteiger partial charge in [0.15, 0.2) is 0 Å². The third kappa shape index (κ3) is 2.00. The third-order valence-corrected chi connectivity index (χ3v) is 1.06. The van der Waals surface area contributed by atoms with Crippen molar-refractivity contribution >= 4 is 5.97 Å². The summed E-state index contributed by atoms with van der Waals surface area (Å²) < 4.78 is 15.5. The minimum Gasteiger partial charge on any atom is -0.429 e. The molecule has 0 aliphatic rings. The van der Waals surface area contributed by atoms with E-state index in [9.17, 15) is 9.18 Å². The summed E-state index contributed by atoms with van der Waals surface area (Å²) in [6.07, 6.45) is 1.44. The largest absolute Gasteiger partial charge is 0.429 e. The van der Waals surface area contributed by atoms with Gasteiger partial charge in [0.05, 0.1) is 0 Å². The number of halogens is 1. The minimum atomic E-state index is -1.12. The van der Waals surface area contributed by atoms with E-state index in [-0.39, 0.29) is 5.69 Å². The summed E-state index contributed by atoms with van der Waals surface area (Å²) in [5.74, 6) is -0.742. The molecule has 0 atom stereocenters. The maximum Gasteiger partial charge on any atom is 0.359 e. The molecule has 58 valence electrons. The number of nitrogens with zero attached hydrogens (tertiary/aromatic N) is 1. The van der Waals surface area contributed by atoms with Crippen LogP contribution in [0.3, 0.4) is 0 Å². The quantitative estimate of drug-likeness (QED) is 0.601. The van der Waals surface area contributed by atoms with Crippen molar-refractivity contribution in [3.05, 3.63) is 30.1 Å². The molecule has 0 fully saturated rings. The molecule has 1 heterocycles. The Balaban J connectivity index is 2.69. The fourth-order valence-corrected chi connectivity index (χ4v) is 0.607. The summed E-state index contributed by atoms with van der Waals surface area (Å²) in [6.45, 7) is -1.12. The van der Waals surface area contributed by atoms with E-state index in [2.05, 4.69) is 9.72 Å². The van der Waals surface area contributed by atoms with Crippen LogP contribution < -0.4 is 0 Å². The number of alkyl halides is 1. The Morgan fingerprint density at radius 3 is 3.00 bits per heavy atom. The lowest BCUT2D eigenvalue weighted by Gasteiger charge is -1.96. The van der Waals surface area contributed by atoms with Gasteiger partial charge in [-0.2, -0.15) is 0 Å². The van der Waals surface area contributed by atoms with Crippen LogP contribution in [0.4, 0.5) is 4.39 Å². The van der Waals surface area contributed by atoms with Crippen LogP contribution in [0.5, 0.6) is 0 Å². The maximum atomic E-state index is 11.5. The average molecular weight is 155 g/mol. The third-order valence-electron chi connectivity index (χ3n) is 1.06. The second-order valence-electron chi connectivity index (χ2n) is 1.76. The van der Waals surface area contributed by atoms with E-state index < -0.39 is 12.8 Å². The topological polar surface area (TPSA) is 39.2 Å². The summed E-state index contributed by atoms with van der Waals surface area (Å²) in [5.41, 5.74) is 0.116. The van der Waals surface area contributed by atoms with Crippen LogP contribution in [0.15, 0.2) is 24.4 Å². The van der Waals surface area contributed by atoms with Crippen molar-refractivity contribution < 1.29 is 13.9 Å². The molecule has 0 radical (unpaired) electrons. The molecular formula is C7H6FNO2. The zero-order chi connectivity index (χ0) is 8.10. The summed E-state index contributed by atoms with van der Waals surface area (Å²) in [4.78, 5) is 14.4. The standard InChI is InChI=1S/C7H6FNO2/c8-5-11-7(10)6-3-1-2-4-9-6/h1-4H,5H2. The Morgan fingerprint density at radius 1 is 1.64 bits per heavy atom. The zero-order valence-corrected chi connectivity index (χ0v) is 5.66. The first-order chi connectivity index (χ1) is 5.34. The fraction of sp³-hybridized carbons (Fsp3) is 0.143. The number of pyridine rings is 1. The van der Waals surface area contributed by atoms with Gasteiger partial charge >= 0.3 is 5.97 Å². The highest BCUT2D eigenvalue weighted by Gasteiger charge is 2.05. The molecule has 0 unspecified atom stereocenters. The highest BCUT2D eigenvalue weighted by Crippen LogP contribution is 1.95. The summed E-state index contributed by atoms with van der Waals surface area (Å²) in [7, 11) is 0. The second-order valence-corrected chi connectivity index (χ2v) is 1.76. The van der Waals surface area contributed by atoms with Gasteiger partial charge in [-0.05, 0) is 12.1 Å². The molecule has 0 N–H and O–H groups in total. The number of ether oxygens (including phenoxy) is 1. The molecule has 0 saturated carbocycles. The molecule has 0 aromatic carbocycles. The molecule has 3 nitrogen and oxygen atoms in total. The number of hydrogen-bond donors (Lipinski definition) is 0. The van der Waals surface area contributed by atoms with E-state index in [1.165, 1.54) is 12.3 Å². The monoisotopic (exact) mass is 155 g/mol. The molecule has 1 aromatic rings. The van der Waals surface area contributed by atoms with Crippen molar-refractivity contribution in [2.75, 3.05) is 6.86 Å². The Kier molecular flexibility index (Phi) is 2.54. The molecule has 4 heteroatoms. The van der Waals surface area contributed by atoms with E-state index >= 15 is 0 Å². The fourth-order valence-electron chi connectivity index (χ4n) is 0.607. The lowest BCUT2D eigenvalue weighted by molar-refractivity contribution is 0.0317. The first-order valence-corrected chi connectivity index (χ1v) is 2.98. The van der Waals surface area contributed by atoms with E-state index in [1.807, 2.05) is 0 Å². The summed E-state index contributed by atoms with van der Waals surface area (Å²) in [6, 6.07) is 4.74. The van der Waals surface area contributed by atoms with E-state index in [0.717, 1.165) is 0 Å². The molecule has 0 aliphatic carbocycles. The van der Waals surface area contributed by atoms with Crippen molar-refractivity contribution in [3.8, 4) is 0 Å². The first-order valence-electron chi connectivity index (χ1n) is 2.98.